The van der Waals surface area contributed by atoms with Crippen molar-refractivity contribution in [3.05, 3.63) is 59.2 Å². The van der Waals surface area contributed by atoms with E-state index in [9.17, 15) is 13.9 Å². The second kappa shape index (κ2) is 6.34. The van der Waals surface area contributed by atoms with Crippen LogP contribution in [-0.2, 0) is 13.1 Å². The van der Waals surface area contributed by atoms with E-state index in [1.807, 2.05) is 0 Å². The predicted molar refractivity (Wildman–Crippen MR) is 71.6 cm³/mol. The molecule has 0 aliphatic rings. The molecule has 2 rings (SSSR count). The van der Waals surface area contributed by atoms with E-state index in [0.29, 0.717) is 17.9 Å². The Morgan fingerprint density at radius 3 is 2.55 bits per heavy atom. The molecule has 0 spiro atoms. The Kier molecular flexibility index (Phi) is 4.53. The van der Waals surface area contributed by atoms with Crippen molar-refractivity contribution in [3.63, 3.8) is 0 Å². The fraction of sp³-hybridized carbons (Fsp3) is 0.200. The first kappa shape index (κ1) is 14.3. The van der Waals surface area contributed by atoms with Crippen molar-refractivity contribution in [3.8, 4) is 11.5 Å². The Morgan fingerprint density at radius 2 is 1.90 bits per heavy atom. The molecule has 2 aromatic carbocycles. The number of phenolic OH excluding ortho intramolecular Hbond substituents is 1. The van der Waals surface area contributed by atoms with Gasteiger partial charge < -0.3 is 15.2 Å². The highest BCUT2D eigenvalue weighted by atomic mass is 19.1. The molecule has 0 saturated carbocycles. The van der Waals surface area contributed by atoms with Crippen molar-refractivity contribution in [2.45, 2.75) is 13.1 Å². The molecule has 0 atom stereocenters. The summed E-state index contributed by atoms with van der Waals surface area (Å²) >= 11 is 0. The Hall–Kier alpha value is -2.14. The fourth-order valence-corrected chi connectivity index (χ4v) is 1.85. The van der Waals surface area contributed by atoms with Crippen LogP contribution in [0.2, 0.25) is 0 Å². The lowest BCUT2D eigenvalue weighted by molar-refractivity contribution is 0.373. The molecule has 0 radical (unpaired) electrons. The summed E-state index contributed by atoms with van der Waals surface area (Å²) < 4.78 is 31.1. The summed E-state index contributed by atoms with van der Waals surface area (Å²) in [5, 5.41) is 12.7. The van der Waals surface area contributed by atoms with E-state index in [4.69, 9.17) is 4.74 Å². The van der Waals surface area contributed by atoms with Gasteiger partial charge in [-0.1, -0.05) is 12.1 Å². The van der Waals surface area contributed by atoms with Crippen molar-refractivity contribution < 1.29 is 18.6 Å². The number of ether oxygens (including phenoxy) is 1. The third-order valence-electron chi connectivity index (χ3n) is 2.90. The molecule has 0 aliphatic heterocycles. The van der Waals surface area contributed by atoms with Crippen LogP contribution in [0.3, 0.4) is 0 Å². The number of rotatable bonds is 5. The largest absolute Gasteiger partial charge is 0.504 e. The average molecular weight is 279 g/mol. The van der Waals surface area contributed by atoms with E-state index >= 15 is 0 Å². The first-order chi connectivity index (χ1) is 9.60. The molecule has 2 N–H and O–H groups in total. The minimum absolute atomic E-state index is 0.0553. The predicted octanol–water partition coefficient (Wildman–Crippen LogP) is 2.97. The molecule has 20 heavy (non-hydrogen) atoms. The lowest BCUT2D eigenvalue weighted by Gasteiger charge is -2.08. The first-order valence-corrected chi connectivity index (χ1v) is 6.10. The Morgan fingerprint density at radius 1 is 1.10 bits per heavy atom. The lowest BCUT2D eigenvalue weighted by atomic mass is 10.1. The standard InChI is InChI=1S/C15H15F2NO2/c1-20-15-5-2-10(6-14(15)19)8-18-9-11-3-4-12(16)7-13(11)17/h2-7,18-19H,8-9H2,1H3. The average Bonchev–Trinajstić information content (AvgIpc) is 2.41. The van der Waals surface area contributed by atoms with Gasteiger partial charge >= 0.3 is 0 Å². The molecule has 0 unspecified atom stereocenters. The second-order valence-electron chi connectivity index (χ2n) is 4.35. The van der Waals surface area contributed by atoms with Gasteiger partial charge in [0.2, 0.25) is 0 Å². The molecule has 0 aromatic heterocycles. The summed E-state index contributed by atoms with van der Waals surface area (Å²) in [5.74, 6) is -0.709. The van der Waals surface area contributed by atoms with Gasteiger partial charge in [0.05, 0.1) is 7.11 Å². The highest BCUT2D eigenvalue weighted by Gasteiger charge is 2.05. The maximum Gasteiger partial charge on any atom is 0.160 e. The molecule has 0 amide bonds. The smallest absolute Gasteiger partial charge is 0.160 e. The molecule has 0 bridgehead atoms. The van der Waals surface area contributed by atoms with Crippen LogP contribution >= 0.6 is 0 Å². The zero-order chi connectivity index (χ0) is 14.5. The molecule has 3 nitrogen and oxygen atoms in total. The van der Waals surface area contributed by atoms with Crippen LogP contribution < -0.4 is 10.1 Å². The van der Waals surface area contributed by atoms with Gasteiger partial charge in [-0.15, -0.1) is 0 Å². The van der Waals surface area contributed by atoms with Crippen LogP contribution in [0.4, 0.5) is 8.78 Å². The second-order valence-corrected chi connectivity index (χ2v) is 4.35. The van der Waals surface area contributed by atoms with Crippen LogP contribution in [0.15, 0.2) is 36.4 Å². The van der Waals surface area contributed by atoms with E-state index in [2.05, 4.69) is 5.32 Å². The number of aromatic hydroxyl groups is 1. The van der Waals surface area contributed by atoms with Gasteiger partial charge in [-0.3, -0.25) is 0 Å². The summed E-state index contributed by atoms with van der Waals surface area (Å²) in [6, 6.07) is 8.52. The molecule has 5 heteroatoms. The van der Waals surface area contributed by atoms with E-state index in [-0.39, 0.29) is 12.3 Å². The van der Waals surface area contributed by atoms with Crippen LogP contribution in [0, 0.1) is 11.6 Å². The maximum atomic E-state index is 13.4. The van der Waals surface area contributed by atoms with Crippen LogP contribution in [0.5, 0.6) is 11.5 Å². The van der Waals surface area contributed by atoms with Gasteiger partial charge in [-0.2, -0.15) is 0 Å². The molecule has 0 saturated heterocycles. The zero-order valence-corrected chi connectivity index (χ0v) is 11.0. The number of hydrogen-bond acceptors (Lipinski definition) is 3. The minimum Gasteiger partial charge on any atom is -0.504 e. The summed E-state index contributed by atoms with van der Waals surface area (Å²) in [4.78, 5) is 0. The normalized spacial score (nSPS) is 10.6. The third-order valence-corrected chi connectivity index (χ3v) is 2.90. The van der Waals surface area contributed by atoms with E-state index in [1.54, 1.807) is 18.2 Å². The highest BCUT2D eigenvalue weighted by Crippen LogP contribution is 2.26. The Labute approximate surface area is 115 Å². The van der Waals surface area contributed by atoms with Crippen molar-refractivity contribution in [2.24, 2.45) is 0 Å². The van der Waals surface area contributed by atoms with E-state index in [0.717, 1.165) is 11.6 Å². The van der Waals surface area contributed by atoms with Gasteiger partial charge in [-0.25, -0.2) is 8.78 Å². The monoisotopic (exact) mass is 279 g/mol. The molecular formula is C15H15F2NO2. The quantitative estimate of drug-likeness (QED) is 0.884. The van der Waals surface area contributed by atoms with Crippen molar-refractivity contribution in [1.82, 2.24) is 5.32 Å². The lowest BCUT2D eigenvalue weighted by Crippen LogP contribution is -2.13. The van der Waals surface area contributed by atoms with E-state index in [1.165, 1.54) is 19.2 Å². The van der Waals surface area contributed by atoms with Gasteiger partial charge in [0.25, 0.3) is 0 Å². The van der Waals surface area contributed by atoms with Crippen LogP contribution in [0.25, 0.3) is 0 Å². The molecule has 106 valence electrons. The molecular weight excluding hydrogens is 264 g/mol. The Bertz CT molecular complexity index is 602. The summed E-state index contributed by atoms with van der Waals surface area (Å²) in [7, 11) is 1.48. The fourth-order valence-electron chi connectivity index (χ4n) is 1.85. The summed E-state index contributed by atoms with van der Waals surface area (Å²) in [5.41, 5.74) is 1.23. The number of phenols is 1. The van der Waals surface area contributed by atoms with E-state index < -0.39 is 11.6 Å². The Balaban J connectivity index is 1.94. The van der Waals surface area contributed by atoms with Gasteiger partial charge in [0.1, 0.15) is 11.6 Å². The molecule has 2 aromatic rings. The van der Waals surface area contributed by atoms with Gasteiger partial charge in [0.15, 0.2) is 11.5 Å². The van der Waals surface area contributed by atoms with Crippen molar-refractivity contribution in [1.29, 1.82) is 0 Å². The number of hydrogen-bond donors (Lipinski definition) is 2. The summed E-state index contributed by atoms with van der Waals surface area (Å²) in [6.45, 7) is 0.729. The number of benzene rings is 2. The minimum atomic E-state index is -0.591. The molecule has 0 aliphatic carbocycles. The van der Waals surface area contributed by atoms with Gasteiger partial charge in [0, 0.05) is 24.7 Å². The number of nitrogens with one attached hydrogen (secondary N) is 1. The SMILES string of the molecule is COc1ccc(CNCc2ccc(F)cc2F)cc1O. The van der Waals surface area contributed by atoms with Crippen molar-refractivity contribution >= 4 is 0 Å². The third kappa shape index (κ3) is 3.45. The topological polar surface area (TPSA) is 41.5 Å². The molecule has 0 fully saturated rings. The highest BCUT2D eigenvalue weighted by molar-refractivity contribution is 5.41. The van der Waals surface area contributed by atoms with Crippen molar-refractivity contribution in [2.75, 3.05) is 7.11 Å². The molecule has 0 heterocycles. The number of methoxy groups -OCH3 is 1. The van der Waals surface area contributed by atoms with Crippen LogP contribution in [0.1, 0.15) is 11.1 Å². The van der Waals surface area contributed by atoms with Gasteiger partial charge in [-0.05, 0) is 23.8 Å². The number of halogens is 2. The zero-order valence-electron chi connectivity index (χ0n) is 11.0. The maximum absolute atomic E-state index is 13.4. The van der Waals surface area contributed by atoms with Crippen LogP contribution in [-0.4, -0.2) is 12.2 Å². The first-order valence-electron chi connectivity index (χ1n) is 6.10. The summed E-state index contributed by atoms with van der Waals surface area (Å²) in [6.07, 6.45) is 0.